The summed E-state index contributed by atoms with van der Waals surface area (Å²) in [6.07, 6.45) is 8.00. The Morgan fingerprint density at radius 3 is 2.49 bits per heavy atom. The zero-order valence-electron chi connectivity index (χ0n) is 20.1. The molecule has 37 heavy (non-hydrogen) atoms. The molecule has 0 radical (unpaired) electrons. The summed E-state index contributed by atoms with van der Waals surface area (Å²) >= 11 is 6.99. The Morgan fingerprint density at radius 1 is 1.11 bits per heavy atom. The monoisotopic (exact) mass is 548 g/mol. The summed E-state index contributed by atoms with van der Waals surface area (Å²) < 4.78 is 24.8. The standard InChI is InChI=1S/C26H26ClFN2O6S/c1-2-3-4-5-6-7-12-35-21(31)10-11-22(32)36-24(20-9-8-13-37-20)23-16-14-18(28)17(27)15-19(16)30(25(23)33)26(29)34/h8-11,13-15H,2-7,12H2,1H3,(H2,29,34)/b11-10+,24-23+. The van der Waals surface area contributed by atoms with Crippen molar-refractivity contribution < 1.29 is 33.0 Å². The van der Waals surface area contributed by atoms with Crippen molar-refractivity contribution in [1.82, 2.24) is 0 Å². The summed E-state index contributed by atoms with van der Waals surface area (Å²) in [5, 5.41) is 1.35. The van der Waals surface area contributed by atoms with Crippen molar-refractivity contribution >= 4 is 63.8 Å². The first-order chi connectivity index (χ1) is 17.7. The van der Waals surface area contributed by atoms with Crippen molar-refractivity contribution in [1.29, 1.82) is 0 Å². The van der Waals surface area contributed by atoms with E-state index in [1.54, 1.807) is 17.5 Å². The largest absolute Gasteiger partial charge is 0.463 e. The predicted octanol–water partition coefficient (Wildman–Crippen LogP) is 5.84. The van der Waals surface area contributed by atoms with Crippen molar-refractivity contribution in [3.05, 3.63) is 63.1 Å². The van der Waals surface area contributed by atoms with E-state index >= 15 is 0 Å². The number of nitrogens with zero attached hydrogens (tertiary/aromatic N) is 1. The molecule has 2 N–H and O–H groups in total. The van der Waals surface area contributed by atoms with Crippen LogP contribution in [-0.4, -0.2) is 30.5 Å². The fourth-order valence-electron chi connectivity index (χ4n) is 3.70. The SMILES string of the molecule is CCCCCCCCOC(=O)/C=C/C(=O)O/C(=C1/C(=O)N(C(N)=O)c2cc(Cl)c(F)cc21)c1cccs1. The van der Waals surface area contributed by atoms with E-state index in [1.165, 1.54) is 6.42 Å². The van der Waals surface area contributed by atoms with Gasteiger partial charge >= 0.3 is 18.0 Å². The van der Waals surface area contributed by atoms with Crippen LogP contribution in [0.3, 0.4) is 0 Å². The molecule has 0 bridgehead atoms. The lowest BCUT2D eigenvalue weighted by molar-refractivity contribution is -0.138. The highest BCUT2D eigenvalue weighted by Gasteiger charge is 2.40. The fourth-order valence-corrected chi connectivity index (χ4v) is 4.57. The number of fused-ring (bicyclic) bond motifs is 1. The van der Waals surface area contributed by atoms with Gasteiger partial charge in [0.25, 0.3) is 5.91 Å². The topological polar surface area (TPSA) is 116 Å². The number of imide groups is 1. The first-order valence-electron chi connectivity index (χ1n) is 11.7. The number of ether oxygens (including phenoxy) is 2. The van der Waals surface area contributed by atoms with Crippen LogP contribution in [0.4, 0.5) is 14.9 Å². The van der Waals surface area contributed by atoms with Gasteiger partial charge in [-0.25, -0.2) is 23.7 Å². The minimum atomic E-state index is -1.12. The highest BCUT2D eigenvalue weighted by atomic mass is 35.5. The number of hydrogen-bond donors (Lipinski definition) is 1. The third-order valence-electron chi connectivity index (χ3n) is 5.46. The number of thiophene rings is 1. The summed E-state index contributed by atoms with van der Waals surface area (Å²) in [6, 6.07) is 4.16. The molecule has 0 aliphatic carbocycles. The van der Waals surface area contributed by atoms with Gasteiger partial charge in [-0.1, -0.05) is 56.7 Å². The van der Waals surface area contributed by atoms with Crippen LogP contribution < -0.4 is 10.6 Å². The second kappa shape index (κ2) is 13.2. The lowest BCUT2D eigenvalue weighted by Gasteiger charge is -2.12. The maximum absolute atomic E-state index is 14.3. The number of amides is 3. The Hall–Kier alpha value is -3.50. The molecule has 1 aromatic carbocycles. The molecule has 196 valence electrons. The molecule has 0 saturated carbocycles. The molecule has 0 spiro atoms. The molecule has 8 nitrogen and oxygen atoms in total. The number of primary amides is 1. The van der Waals surface area contributed by atoms with Crippen molar-refractivity contribution in [2.45, 2.75) is 45.4 Å². The number of nitrogens with two attached hydrogens (primary N) is 1. The van der Waals surface area contributed by atoms with E-state index in [-0.39, 0.29) is 34.2 Å². The van der Waals surface area contributed by atoms with Gasteiger partial charge in [0.2, 0.25) is 0 Å². The number of carbonyl (C=O) groups is 4. The van der Waals surface area contributed by atoms with Gasteiger partial charge in [-0.05, 0) is 30.0 Å². The lowest BCUT2D eigenvalue weighted by Crippen LogP contribution is -2.38. The molecule has 2 aromatic rings. The molecule has 2 heterocycles. The van der Waals surface area contributed by atoms with Crippen LogP contribution in [0.2, 0.25) is 5.02 Å². The third-order valence-corrected chi connectivity index (χ3v) is 6.62. The van der Waals surface area contributed by atoms with E-state index in [0.29, 0.717) is 9.78 Å². The average Bonchev–Trinajstić information content (AvgIpc) is 3.47. The van der Waals surface area contributed by atoms with Crippen LogP contribution in [0.15, 0.2) is 41.8 Å². The molecular weight excluding hydrogens is 523 g/mol. The third kappa shape index (κ3) is 7.05. The molecule has 0 atom stereocenters. The van der Waals surface area contributed by atoms with E-state index in [9.17, 15) is 23.6 Å². The van der Waals surface area contributed by atoms with E-state index in [0.717, 1.165) is 67.7 Å². The molecule has 1 aliphatic rings. The Kier molecular flexibility index (Phi) is 9.99. The smallest absolute Gasteiger partial charge is 0.336 e. The Labute approximate surface area is 222 Å². The summed E-state index contributed by atoms with van der Waals surface area (Å²) in [4.78, 5) is 50.7. The van der Waals surface area contributed by atoms with Crippen LogP contribution in [0.25, 0.3) is 11.3 Å². The average molecular weight is 549 g/mol. The van der Waals surface area contributed by atoms with Gasteiger partial charge in [0.1, 0.15) is 5.82 Å². The molecule has 1 aliphatic heterocycles. The van der Waals surface area contributed by atoms with Gasteiger partial charge in [0.05, 0.1) is 27.8 Å². The van der Waals surface area contributed by atoms with Crippen molar-refractivity contribution in [2.24, 2.45) is 5.73 Å². The van der Waals surface area contributed by atoms with Gasteiger partial charge in [0.15, 0.2) is 5.76 Å². The molecular formula is C26H26ClFN2O6S. The van der Waals surface area contributed by atoms with E-state index < -0.39 is 29.7 Å². The van der Waals surface area contributed by atoms with Gasteiger partial charge < -0.3 is 15.2 Å². The molecule has 3 amide bonds. The van der Waals surface area contributed by atoms with Crippen molar-refractivity contribution in [3.63, 3.8) is 0 Å². The van der Waals surface area contributed by atoms with E-state index in [4.69, 9.17) is 26.8 Å². The number of anilines is 1. The quantitative estimate of drug-likeness (QED) is 0.163. The zero-order chi connectivity index (χ0) is 26.9. The van der Waals surface area contributed by atoms with Gasteiger partial charge in [-0.2, -0.15) is 0 Å². The maximum Gasteiger partial charge on any atom is 0.336 e. The number of rotatable bonds is 11. The maximum atomic E-state index is 14.3. The fraction of sp³-hybridized carbons (Fsp3) is 0.308. The number of esters is 2. The minimum absolute atomic E-state index is 0.0239. The summed E-state index contributed by atoms with van der Waals surface area (Å²) in [5.74, 6) is -3.67. The highest BCUT2D eigenvalue weighted by Crippen LogP contribution is 2.44. The lowest BCUT2D eigenvalue weighted by atomic mass is 10.0. The van der Waals surface area contributed by atoms with E-state index in [2.05, 4.69) is 6.92 Å². The Bertz CT molecular complexity index is 1240. The van der Waals surface area contributed by atoms with Gasteiger partial charge in [-0.3, -0.25) is 4.79 Å². The van der Waals surface area contributed by atoms with Gasteiger partial charge in [-0.15, -0.1) is 11.3 Å². The number of halogens is 2. The second-order valence-electron chi connectivity index (χ2n) is 8.13. The first kappa shape index (κ1) is 28.1. The number of hydrogen-bond acceptors (Lipinski definition) is 7. The molecule has 0 fully saturated rings. The number of benzene rings is 1. The normalized spacial score (nSPS) is 14.1. The summed E-state index contributed by atoms with van der Waals surface area (Å²) in [7, 11) is 0. The predicted molar refractivity (Wildman–Crippen MR) is 139 cm³/mol. The molecule has 11 heteroatoms. The Morgan fingerprint density at radius 2 is 1.81 bits per heavy atom. The van der Waals surface area contributed by atoms with Crippen LogP contribution in [0, 0.1) is 5.82 Å². The van der Waals surface area contributed by atoms with Crippen LogP contribution in [-0.2, 0) is 23.9 Å². The molecule has 0 saturated heterocycles. The van der Waals surface area contributed by atoms with E-state index in [1.807, 2.05) is 0 Å². The molecule has 3 rings (SSSR count). The Balaban J connectivity index is 1.79. The van der Waals surface area contributed by atoms with Gasteiger partial charge in [0, 0.05) is 17.7 Å². The van der Waals surface area contributed by atoms with Crippen molar-refractivity contribution in [3.8, 4) is 0 Å². The highest BCUT2D eigenvalue weighted by molar-refractivity contribution is 7.11. The number of urea groups is 1. The first-order valence-corrected chi connectivity index (χ1v) is 13.0. The number of unbranched alkanes of at least 4 members (excludes halogenated alkanes) is 5. The summed E-state index contributed by atoms with van der Waals surface area (Å²) in [6.45, 7) is 2.37. The van der Waals surface area contributed by atoms with Crippen LogP contribution in [0.1, 0.15) is 55.9 Å². The second-order valence-corrected chi connectivity index (χ2v) is 9.49. The minimum Gasteiger partial charge on any atom is -0.463 e. The van der Waals surface area contributed by atoms with Crippen LogP contribution >= 0.6 is 22.9 Å². The molecule has 0 unspecified atom stereocenters. The number of carbonyl (C=O) groups excluding carboxylic acids is 4. The van der Waals surface area contributed by atoms with Crippen molar-refractivity contribution in [2.75, 3.05) is 11.5 Å². The zero-order valence-corrected chi connectivity index (χ0v) is 21.7. The molecule has 1 aromatic heterocycles. The van der Waals surface area contributed by atoms with Crippen LogP contribution in [0.5, 0.6) is 0 Å². The summed E-state index contributed by atoms with van der Waals surface area (Å²) in [5.41, 5.74) is 5.06.